The summed E-state index contributed by atoms with van der Waals surface area (Å²) in [6.45, 7) is 6.97. The third kappa shape index (κ3) is 2.97. The number of allylic oxidation sites excluding steroid dienone is 2. The van der Waals surface area contributed by atoms with Gasteiger partial charge < -0.3 is 4.79 Å². The van der Waals surface area contributed by atoms with E-state index in [1.807, 2.05) is 0 Å². The molecule has 1 aliphatic rings. The minimum Gasteiger partial charge on any atom is -0.303 e. The highest BCUT2D eigenvalue weighted by Crippen LogP contribution is 2.35. The van der Waals surface area contributed by atoms with Crippen LogP contribution in [0.3, 0.4) is 0 Å². The Morgan fingerprint density at radius 3 is 2.79 bits per heavy atom. The number of hydrogen-bond acceptors (Lipinski definition) is 1. The van der Waals surface area contributed by atoms with Gasteiger partial charge in [-0.15, -0.1) is 0 Å². The van der Waals surface area contributed by atoms with Crippen molar-refractivity contribution >= 4 is 6.29 Å². The van der Waals surface area contributed by atoms with Crippen molar-refractivity contribution in [3.8, 4) is 0 Å². The molecule has 0 radical (unpaired) electrons. The first-order valence-corrected chi connectivity index (χ1v) is 5.76. The monoisotopic (exact) mass is 194 g/mol. The Morgan fingerprint density at radius 2 is 2.29 bits per heavy atom. The molecule has 0 heterocycles. The van der Waals surface area contributed by atoms with Crippen molar-refractivity contribution in [1.82, 2.24) is 0 Å². The molecule has 0 amide bonds. The van der Waals surface area contributed by atoms with E-state index in [-0.39, 0.29) is 0 Å². The molecule has 80 valence electrons. The van der Waals surface area contributed by atoms with Gasteiger partial charge in [-0.2, -0.15) is 0 Å². The van der Waals surface area contributed by atoms with E-state index in [1.165, 1.54) is 18.4 Å². The SMILES string of the molecule is CC(C)C1CC=C(CCC=O)CC1C. The maximum absolute atomic E-state index is 10.3. The molecule has 0 aromatic carbocycles. The van der Waals surface area contributed by atoms with Gasteiger partial charge in [-0.25, -0.2) is 0 Å². The number of hydrogen-bond donors (Lipinski definition) is 0. The lowest BCUT2D eigenvalue weighted by Crippen LogP contribution is -2.21. The van der Waals surface area contributed by atoms with Crippen LogP contribution in [0.5, 0.6) is 0 Å². The summed E-state index contributed by atoms with van der Waals surface area (Å²) in [4.78, 5) is 10.3. The second-order valence-corrected chi connectivity index (χ2v) is 4.89. The fourth-order valence-electron chi connectivity index (χ4n) is 2.56. The fraction of sp³-hybridized carbons (Fsp3) is 0.769. The van der Waals surface area contributed by atoms with Gasteiger partial charge in [0, 0.05) is 6.42 Å². The summed E-state index contributed by atoms with van der Waals surface area (Å²) in [6, 6.07) is 0. The quantitative estimate of drug-likeness (QED) is 0.493. The number of rotatable bonds is 4. The van der Waals surface area contributed by atoms with Crippen LogP contribution in [0, 0.1) is 17.8 Å². The van der Waals surface area contributed by atoms with Crippen molar-refractivity contribution in [2.75, 3.05) is 0 Å². The first-order valence-electron chi connectivity index (χ1n) is 5.76. The summed E-state index contributed by atoms with van der Waals surface area (Å²) >= 11 is 0. The van der Waals surface area contributed by atoms with Crippen LogP contribution < -0.4 is 0 Å². The second kappa shape index (κ2) is 5.33. The molecule has 1 nitrogen and oxygen atoms in total. The number of carbonyl (C=O) groups is 1. The highest BCUT2D eigenvalue weighted by Gasteiger charge is 2.24. The van der Waals surface area contributed by atoms with E-state index in [1.54, 1.807) is 0 Å². The molecule has 1 rings (SSSR count). The molecule has 2 unspecified atom stereocenters. The van der Waals surface area contributed by atoms with E-state index in [0.29, 0.717) is 6.42 Å². The van der Waals surface area contributed by atoms with Crippen LogP contribution in [-0.4, -0.2) is 6.29 Å². The van der Waals surface area contributed by atoms with E-state index in [0.717, 1.165) is 30.5 Å². The topological polar surface area (TPSA) is 17.1 Å². The van der Waals surface area contributed by atoms with Crippen molar-refractivity contribution in [2.24, 2.45) is 17.8 Å². The summed E-state index contributed by atoms with van der Waals surface area (Å²) in [5.74, 6) is 2.42. The van der Waals surface area contributed by atoms with Crippen LogP contribution in [0.4, 0.5) is 0 Å². The van der Waals surface area contributed by atoms with Gasteiger partial charge in [0.15, 0.2) is 0 Å². The normalized spacial score (nSPS) is 27.6. The molecule has 0 bridgehead atoms. The van der Waals surface area contributed by atoms with E-state index in [2.05, 4.69) is 26.8 Å². The van der Waals surface area contributed by atoms with Gasteiger partial charge in [0.1, 0.15) is 6.29 Å². The predicted molar refractivity (Wildman–Crippen MR) is 60.1 cm³/mol. The molecule has 0 N–H and O–H groups in total. The van der Waals surface area contributed by atoms with Gasteiger partial charge in [0.05, 0.1) is 0 Å². The molecule has 1 heteroatoms. The summed E-state index contributed by atoms with van der Waals surface area (Å²) in [6.07, 6.45) is 7.50. The fourth-order valence-corrected chi connectivity index (χ4v) is 2.56. The Balaban J connectivity index is 2.49. The third-order valence-electron chi connectivity index (χ3n) is 3.43. The summed E-state index contributed by atoms with van der Waals surface area (Å²) in [7, 11) is 0. The van der Waals surface area contributed by atoms with Crippen LogP contribution in [0.15, 0.2) is 11.6 Å². The van der Waals surface area contributed by atoms with Gasteiger partial charge in [-0.1, -0.05) is 32.4 Å². The largest absolute Gasteiger partial charge is 0.303 e. The molecule has 0 saturated heterocycles. The molecule has 0 aromatic heterocycles. The Morgan fingerprint density at radius 1 is 1.57 bits per heavy atom. The molecule has 0 aliphatic heterocycles. The molecular formula is C13H22O. The summed E-state index contributed by atoms with van der Waals surface area (Å²) in [5.41, 5.74) is 1.50. The zero-order valence-corrected chi connectivity index (χ0v) is 9.62. The summed E-state index contributed by atoms with van der Waals surface area (Å²) < 4.78 is 0. The van der Waals surface area contributed by atoms with Crippen LogP contribution in [0.1, 0.15) is 46.5 Å². The lowest BCUT2D eigenvalue weighted by Gasteiger charge is -2.31. The summed E-state index contributed by atoms with van der Waals surface area (Å²) in [5, 5.41) is 0. The first kappa shape index (κ1) is 11.5. The van der Waals surface area contributed by atoms with Crippen molar-refractivity contribution in [1.29, 1.82) is 0 Å². The average Bonchev–Trinajstić information content (AvgIpc) is 2.14. The van der Waals surface area contributed by atoms with Crippen molar-refractivity contribution in [3.05, 3.63) is 11.6 Å². The first-order chi connectivity index (χ1) is 6.65. The van der Waals surface area contributed by atoms with Crippen LogP contribution >= 0.6 is 0 Å². The molecule has 14 heavy (non-hydrogen) atoms. The van der Waals surface area contributed by atoms with Gasteiger partial charge in [-0.3, -0.25) is 0 Å². The molecule has 1 aliphatic carbocycles. The zero-order chi connectivity index (χ0) is 10.6. The van der Waals surface area contributed by atoms with Crippen LogP contribution in [0.25, 0.3) is 0 Å². The van der Waals surface area contributed by atoms with E-state index in [9.17, 15) is 4.79 Å². The van der Waals surface area contributed by atoms with Crippen molar-refractivity contribution < 1.29 is 4.79 Å². The van der Waals surface area contributed by atoms with Crippen molar-refractivity contribution in [3.63, 3.8) is 0 Å². The predicted octanol–water partition coefficient (Wildman–Crippen LogP) is 3.59. The second-order valence-electron chi connectivity index (χ2n) is 4.89. The Labute approximate surface area is 87.6 Å². The maximum atomic E-state index is 10.3. The standard InChI is InChI=1S/C13H22O/c1-10(2)13-7-6-12(5-4-8-14)9-11(13)3/h6,8,10-11,13H,4-5,7,9H2,1-3H3. The van der Waals surface area contributed by atoms with Gasteiger partial charge >= 0.3 is 0 Å². The lowest BCUT2D eigenvalue weighted by atomic mass is 9.74. The Hall–Kier alpha value is -0.590. The lowest BCUT2D eigenvalue weighted by molar-refractivity contribution is -0.107. The Bertz CT molecular complexity index is 215. The average molecular weight is 194 g/mol. The van der Waals surface area contributed by atoms with Gasteiger partial charge in [0.2, 0.25) is 0 Å². The van der Waals surface area contributed by atoms with Crippen LogP contribution in [-0.2, 0) is 4.79 Å². The minimum absolute atomic E-state index is 0.699. The van der Waals surface area contributed by atoms with Crippen molar-refractivity contribution in [2.45, 2.75) is 46.5 Å². The maximum Gasteiger partial charge on any atom is 0.120 e. The minimum atomic E-state index is 0.699. The molecular weight excluding hydrogens is 172 g/mol. The van der Waals surface area contributed by atoms with Crippen LogP contribution in [0.2, 0.25) is 0 Å². The smallest absolute Gasteiger partial charge is 0.120 e. The molecule has 2 atom stereocenters. The molecule has 0 fully saturated rings. The highest BCUT2D eigenvalue weighted by molar-refractivity contribution is 5.49. The van der Waals surface area contributed by atoms with E-state index >= 15 is 0 Å². The van der Waals surface area contributed by atoms with E-state index in [4.69, 9.17) is 0 Å². The Kier molecular flexibility index (Phi) is 4.37. The molecule has 0 spiro atoms. The number of carbonyl (C=O) groups excluding carboxylic acids is 1. The molecule has 0 aromatic rings. The number of aldehydes is 1. The zero-order valence-electron chi connectivity index (χ0n) is 9.62. The van der Waals surface area contributed by atoms with Gasteiger partial charge in [0.25, 0.3) is 0 Å². The third-order valence-corrected chi connectivity index (χ3v) is 3.43. The highest BCUT2D eigenvalue weighted by atomic mass is 16.1. The molecule has 0 saturated carbocycles. The van der Waals surface area contributed by atoms with Gasteiger partial charge in [-0.05, 0) is 37.0 Å². The van der Waals surface area contributed by atoms with E-state index < -0.39 is 0 Å².